The summed E-state index contributed by atoms with van der Waals surface area (Å²) < 4.78 is 80.5. The highest BCUT2D eigenvalue weighted by atomic mass is 32.2. The Balaban J connectivity index is 2.01. The number of rotatable bonds is 3. The smallest absolute Gasteiger partial charge is 0.321 e. The Labute approximate surface area is 148 Å². The van der Waals surface area contributed by atoms with Gasteiger partial charge >= 0.3 is 6.18 Å². The fourth-order valence-corrected chi connectivity index (χ4v) is 3.94. The number of halogens is 6. The second-order valence-corrected chi connectivity index (χ2v) is 6.72. The highest BCUT2D eigenvalue weighted by Gasteiger charge is 2.41. The number of carbonyl (C=O) groups excluding carboxylic acids is 1. The molecule has 1 saturated heterocycles. The molecule has 2 aromatic carbocycles. The van der Waals surface area contributed by atoms with Crippen molar-refractivity contribution < 1.29 is 31.1 Å². The van der Waals surface area contributed by atoms with Crippen LogP contribution in [0.4, 0.5) is 26.3 Å². The third-order valence-corrected chi connectivity index (χ3v) is 5.14. The zero-order valence-electron chi connectivity index (χ0n) is 13.0. The van der Waals surface area contributed by atoms with E-state index in [-0.39, 0.29) is 11.3 Å². The monoisotopic (exact) mass is 391 g/mol. The van der Waals surface area contributed by atoms with Crippen LogP contribution in [0.25, 0.3) is 0 Å². The van der Waals surface area contributed by atoms with Gasteiger partial charge in [0.25, 0.3) is 0 Å². The van der Waals surface area contributed by atoms with E-state index >= 15 is 0 Å². The van der Waals surface area contributed by atoms with Crippen molar-refractivity contribution in [3.63, 3.8) is 0 Å². The number of nitrogens with zero attached hydrogens (tertiary/aromatic N) is 1. The third-order valence-electron chi connectivity index (χ3n) is 3.90. The molecule has 0 spiro atoms. The average molecular weight is 391 g/mol. The summed E-state index contributed by atoms with van der Waals surface area (Å²) in [7, 11) is 0. The lowest BCUT2D eigenvalue weighted by molar-refractivity contribution is -0.139. The highest BCUT2D eigenvalue weighted by molar-refractivity contribution is 8.00. The normalized spacial score (nSPS) is 17.8. The first-order valence-electron chi connectivity index (χ1n) is 7.38. The van der Waals surface area contributed by atoms with Crippen molar-refractivity contribution in [3.8, 4) is 0 Å². The van der Waals surface area contributed by atoms with Crippen molar-refractivity contribution >= 4 is 17.7 Å². The number of alkyl halides is 3. The van der Waals surface area contributed by atoms with E-state index in [1.54, 1.807) is 0 Å². The molecule has 0 bridgehead atoms. The Morgan fingerprint density at radius 3 is 2.38 bits per heavy atom. The van der Waals surface area contributed by atoms with E-state index in [2.05, 4.69) is 0 Å². The lowest BCUT2D eigenvalue weighted by atomic mass is 10.1. The summed E-state index contributed by atoms with van der Waals surface area (Å²) in [5, 5.41) is -1.16. The molecule has 1 heterocycles. The quantitative estimate of drug-likeness (QED) is 0.694. The molecule has 1 aliphatic rings. The number of hydrogen-bond acceptors (Lipinski definition) is 2. The lowest BCUT2D eigenvalue weighted by Crippen LogP contribution is -2.29. The molecule has 0 radical (unpaired) electrons. The molecule has 1 atom stereocenters. The minimum atomic E-state index is -4.75. The maximum absolute atomic E-state index is 13.9. The van der Waals surface area contributed by atoms with Gasteiger partial charge in [-0.3, -0.25) is 4.79 Å². The molecule has 3 rings (SSSR count). The molecule has 1 aliphatic heterocycles. The van der Waals surface area contributed by atoms with Gasteiger partial charge in [0.2, 0.25) is 5.91 Å². The van der Waals surface area contributed by atoms with E-state index in [1.165, 1.54) is 0 Å². The fourth-order valence-electron chi connectivity index (χ4n) is 2.73. The van der Waals surface area contributed by atoms with Crippen LogP contribution in [0.3, 0.4) is 0 Å². The van der Waals surface area contributed by atoms with Crippen LogP contribution in [0.15, 0.2) is 36.4 Å². The Kier molecular flexibility index (Phi) is 4.92. The molecule has 0 N–H and O–H groups in total. The Morgan fingerprint density at radius 2 is 1.69 bits per heavy atom. The molecule has 2 aromatic rings. The minimum Gasteiger partial charge on any atom is -0.321 e. The number of thioether (sulfide) groups is 1. The second-order valence-electron chi connectivity index (χ2n) is 5.65. The van der Waals surface area contributed by atoms with Crippen LogP contribution < -0.4 is 0 Å². The molecular formula is C17H11F6NOS. The molecular weight excluding hydrogens is 380 g/mol. The number of carbonyl (C=O) groups is 1. The molecule has 2 nitrogen and oxygen atoms in total. The standard InChI is InChI=1S/C17H11F6NOS/c18-10-2-4-14(20)9(5-10)7-24-15(25)8-26-16(24)12-6-11(19)1-3-13(12)17(21,22)23/h1-6,16H,7-8H2. The van der Waals surface area contributed by atoms with E-state index in [0.717, 1.165) is 34.9 Å². The van der Waals surface area contributed by atoms with Gasteiger partial charge in [0.05, 0.1) is 17.9 Å². The van der Waals surface area contributed by atoms with Crippen LogP contribution in [0.5, 0.6) is 0 Å². The van der Waals surface area contributed by atoms with E-state index in [4.69, 9.17) is 0 Å². The Hall–Kier alpha value is -2.16. The van der Waals surface area contributed by atoms with Crippen LogP contribution in [0.2, 0.25) is 0 Å². The molecule has 26 heavy (non-hydrogen) atoms. The van der Waals surface area contributed by atoms with Crippen LogP contribution in [0.1, 0.15) is 22.1 Å². The zero-order chi connectivity index (χ0) is 19.1. The molecule has 1 unspecified atom stereocenters. The van der Waals surface area contributed by atoms with Crippen molar-refractivity contribution in [2.45, 2.75) is 18.1 Å². The molecule has 9 heteroatoms. The largest absolute Gasteiger partial charge is 0.416 e. The average Bonchev–Trinajstić information content (AvgIpc) is 2.90. The van der Waals surface area contributed by atoms with Crippen molar-refractivity contribution in [2.24, 2.45) is 0 Å². The Morgan fingerprint density at radius 1 is 1.04 bits per heavy atom. The first-order valence-corrected chi connectivity index (χ1v) is 8.43. The van der Waals surface area contributed by atoms with E-state index in [9.17, 15) is 31.1 Å². The summed E-state index contributed by atoms with van der Waals surface area (Å²) in [5.74, 6) is -3.09. The summed E-state index contributed by atoms with van der Waals surface area (Å²) in [6.45, 7) is -0.423. The molecule has 1 amide bonds. The van der Waals surface area contributed by atoms with Crippen molar-refractivity contribution in [2.75, 3.05) is 5.75 Å². The van der Waals surface area contributed by atoms with Crippen molar-refractivity contribution in [1.82, 2.24) is 4.90 Å². The number of benzene rings is 2. The van der Waals surface area contributed by atoms with Gasteiger partial charge in [-0.2, -0.15) is 13.2 Å². The Bertz CT molecular complexity index is 854. The topological polar surface area (TPSA) is 20.3 Å². The summed E-state index contributed by atoms with van der Waals surface area (Å²) in [6.07, 6.45) is -4.75. The summed E-state index contributed by atoms with van der Waals surface area (Å²) in [6, 6.07) is 4.65. The van der Waals surface area contributed by atoms with Crippen molar-refractivity contribution in [1.29, 1.82) is 0 Å². The van der Waals surface area contributed by atoms with Crippen LogP contribution in [-0.2, 0) is 17.5 Å². The summed E-state index contributed by atoms with van der Waals surface area (Å²) >= 11 is 0.873. The van der Waals surface area contributed by atoms with E-state index in [0.29, 0.717) is 18.2 Å². The first kappa shape index (κ1) is 18.6. The predicted molar refractivity (Wildman–Crippen MR) is 83.5 cm³/mol. The molecule has 1 fully saturated rings. The second kappa shape index (κ2) is 6.86. The molecule has 0 saturated carbocycles. The van der Waals surface area contributed by atoms with Gasteiger partial charge in [0, 0.05) is 5.56 Å². The van der Waals surface area contributed by atoms with Gasteiger partial charge in [0.15, 0.2) is 0 Å². The zero-order valence-corrected chi connectivity index (χ0v) is 13.8. The maximum Gasteiger partial charge on any atom is 0.416 e. The van der Waals surface area contributed by atoms with E-state index in [1.807, 2.05) is 0 Å². The summed E-state index contributed by atoms with van der Waals surface area (Å²) in [5.41, 5.74) is -1.67. The minimum absolute atomic E-state index is 0.143. The molecule has 0 aliphatic carbocycles. The third kappa shape index (κ3) is 3.67. The van der Waals surface area contributed by atoms with Gasteiger partial charge in [0.1, 0.15) is 22.8 Å². The molecule has 138 valence electrons. The summed E-state index contributed by atoms with van der Waals surface area (Å²) in [4.78, 5) is 13.1. The molecule has 0 aromatic heterocycles. The van der Waals surface area contributed by atoms with Gasteiger partial charge < -0.3 is 4.90 Å². The predicted octanol–water partition coefficient (Wildman–Crippen LogP) is 4.90. The SMILES string of the molecule is O=C1CSC(c2cc(F)ccc2C(F)(F)F)N1Cc1cc(F)ccc1F. The van der Waals surface area contributed by atoms with E-state index < -0.39 is 52.6 Å². The van der Waals surface area contributed by atoms with Crippen LogP contribution in [-0.4, -0.2) is 16.6 Å². The van der Waals surface area contributed by atoms with Gasteiger partial charge in [-0.15, -0.1) is 11.8 Å². The van der Waals surface area contributed by atoms with Crippen molar-refractivity contribution in [3.05, 3.63) is 70.5 Å². The van der Waals surface area contributed by atoms with Gasteiger partial charge in [-0.25, -0.2) is 13.2 Å². The lowest BCUT2D eigenvalue weighted by Gasteiger charge is -2.27. The first-order chi connectivity index (χ1) is 12.2. The number of hydrogen-bond donors (Lipinski definition) is 0. The van der Waals surface area contributed by atoms with Crippen LogP contribution >= 0.6 is 11.8 Å². The van der Waals surface area contributed by atoms with Gasteiger partial charge in [-0.05, 0) is 42.0 Å². The van der Waals surface area contributed by atoms with Crippen LogP contribution in [0, 0.1) is 17.5 Å². The maximum atomic E-state index is 13.9. The van der Waals surface area contributed by atoms with Gasteiger partial charge in [-0.1, -0.05) is 0 Å². The fraction of sp³-hybridized carbons (Fsp3) is 0.235. The number of amides is 1. The highest BCUT2D eigenvalue weighted by Crippen LogP contribution is 2.45.